The Morgan fingerprint density at radius 1 is 1.33 bits per heavy atom. The van der Waals surface area contributed by atoms with Crippen LogP contribution in [-0.4, -0.2) is 16.2 Å². The van der Waals surface area contributed by atoms with Crippen LogP contribution in [-0.2, 0) is 6.61 Å². The van der Waals surface area contributed by atoms with E-state index >= 15 is 0 Å². The van der Waals surface area contributed by atoms with Crippen LogP contribution in [0.5, 0.6) is 0 Å². The number of hydrogen-bond acceptors (Lipinski definition) is 2. The molecule has 0 unspecified atom stereocenters. The van der Waals surface area contributed by atoms with Crippen molar-refractivity contribution in [3.05, 3.63) is 34.9 Å². The maximum atomic E-state index is 10.9. The van der Waals surface area contributed by atoms with Crippen molar-refractivity contribution < 1.29 is 15.0 Å². The van der Waals surface area contributed by atoms with Gasteiger partial charge in [0.25, 0.3) is 0 Å². The van der Waals surface area contributed by atoms with E-state index in [1.54, 1.807) is 6.07 Å². The van der Waals surface area contributed by atoms with Crippen molar-refractivity contribution in [1.82, 2.24) is 0 Å². The predicted octanol–water partition coefficient (Wildman–Crippen LogP) is 2.14. The number of rotatable bonds is 3. The van der Waals surface area contributed by atoms with Gasteiger partial charge >= 0.3 is 5.97 Å². The lowest BCUT2D eigenvalue weighted by molar-refractivity contribution is 0.0696. The van der Waals surface area contributed by atoms with Crippen molar-refractivity contribution in [2.75, 3.05) is 0 Å². The van der Waals surface area contributed by atoms with E-state index in [0.29, 0.717) is 11.5 Å². The van der Waals surface area contributed by atoms with E-state index < -0.39 is 5.97 Å². The molecule has 0 saturated heterocycles. The Bertz CT molecular complexity index is 380. The van der Waals surface area contributed by atoms with Crippen molar-refractivity contribution in [2.45, 2.75) is 31.8 Å². The molecule has 1 aliphatic carbocycles. The molecule has 0 heterocycles. The van der Waals surface area contributed by atoms with E-state index in [0.717, 1.165) is 18.4 Å². The molecule has 0 amide bonds. The number of aliphatic hydroxyl groups excluding tert-OH is 1. The van der Waals surface area contributed by atoms with Crippen LogP contribution < -0.4 is 0 Å². The van der Waals surface area contributed by atoms with Gasteiger partial charge in [-0.3, -0.25) is 0 Å². The molecule has 1 aliphatic rings. The molecule has 0 bridgehead atoms. The highest BCUT2D eigenvalue weighted by Crippen LogP contribution is 2.37. The van der Waals surface area contributed by atoms with Gasteiger partial charge in [0, 0.05) is 0 Å². The summed E-state index contributed by atoms with van der Waals surface area (Å²) in [6.45, 7) is -0.0964. The fourth-order valence-electron chi connectivity index (χ4n) is 1.91. The van der Waals surface area contributed by atoms with Crippen LogP contribution in [0.1, 0.15) is 46.7 Å². The molecular weight excluding hydrogens is 192 g/mol. The Morgan fingerprint density at radius 2 is 2.07 bits per heavy atom. The molecule has 1 saturated carbocycles. The minimum atomic E-state index is -0.925. The third-order valence-electron chi connectivity index (χ3n) is 3.02. The summed E-state index contributed by atoms with van der Waals surface area (Å²) in [5.41, 5.74) is 2.03. The first-order valence-corrected chi connectivity index (χ1v) is 5.18. The second-order valence-electron chi connectivity index (χ2n) is 4.05. The highest BCUT2D eigenvalue weighted by molar-refractivity contribution is 5.88. The smallest absolute Gasteiger partial charge is 0.335 e. The van der Waals surface area contributed by atoms with Gasteiger partial charge in [-0.15, -0.1) is 0 Å². The average molecular weight is 206 g/mol. The van der Waals surface area contributed by atoms with Crippen LogP contribution in [0.3, 0.4) is 0 Å². The Balaban J connectivity index is 2.36. The van der Waals surface area contributed by atoms with E-state index in [1.807, 2.05) is 6.07 Å². The lowest BCUT2D eigenvalue weighted by Gasteiger charge is -2.26. The summed E-state index contributed by atoms with van der Waals surface area (Å²) < 4.78 is 0. The predicted molar refractivity (Wildman–Crippen MR) is 55.9 cm³/mol. The van der Waals surface area contributed by atoms with Gasteiger partial charge in [-0.1, -0.05) is 12.5 Å². The van der Waals surface area contributed by atoms with Crippen molar-refractivity contribution in [1.29, 1.82) is 0 Å². The van der Waals surface area contributed by atoms with E-state index in [2.05, 4.69) is 0 Å². The van der Waals surface area contributed by atoms with Crippen LogP contribution in [0.4, 0.5) is 0 Å². The summed E-state index contributed by atoms with van der Waals surface area (Å²) in [5, 5.41) is 18.0. The number of aromatic carboxylic acids is 1. The van der Waals surface area contributed by atoms with Crippen molar-refractivity contribution in [2.24, 2.45) is 0 Å². The molecule has 0 spiro atoms. The maximum Gasteiger partial charge on any atom is 0.335 e. The minimum Gasteiger partial charge on any atom is -0.478 e. The van der Waals surface area contributed by atoms with Crippen molar-refractivity contribution in [3.8, 4) is 0 Å². The van der Waals surface area contributed by atoms with E-state index in [4.69, 9.17) is 10.2 Å². The largest absolute Gasteiger partial charge is 0.478 e. The van der Waals surface area contributed by atoms with Crippen LogP contribution in [0.25, 0.3) is 0 Å². The van der Waals surface area contributed by atoms with E-state index in [1.165, 1.54) is 12.5 Å². The molecule has 3 nitrogen and oxygen atoms in total. The number of benzene rings is 1. The molecule has 0 aliphatic heterocycles. The summed E-state index contributed by atoms with van der Waals surface area (Å²) in [4.78, 5) is 10.9. The maximum absolute atomic E-state index is 10.9. The molecule has 2 rings (SSSR count). The third kappa shape index (κ3) is 2.02. The van der Waals surface area contributed by atoms with Crippen LogP contribution in [0.15, 0.2) is 18.2 Å². The Hall–Kier alpha value is -1.35. The van der Waals surface area contributed by atoms with Crippen molar-refractivity contribution >= 4 is 5.97 Å². The van der Waals surface area contributed by atoms with Crippen LogP contribution >= 0.6 is 0 Å². The number of carbonyl (C=O) groups is 1. The molecule has 1 aromatic rings. The summed E-state index contributed by atoms with van der Waals surface area (Å²) in [7, 11) is 0. The highest BCUT2D eigenvalue weighted by atomic mass is 16.4. The molecule has 0 atom stereocenters. The number of aliphatic hydroxyl groups is 1. The zero-order chi connectivity index (χ0) is 10.8. The molecular formula is C12H14O3. The molecule has 1 fully saturated rings. The third-order valence-corrected chi connectivity index (χ3v) is 3.02. The summed E-state index contributed by atoms with van der Waals surface area (Å²) >= 11 is 0. The zero-order valence-corrected chi connectivity index (χ0v) is 8.44. The molecule has 0 aromatic heterocycles. The first-order valence-electron chi connectivity index (χ1n) is 5.18. The van der Waals surface area contributed by atoms with Crippen LogP contribution in [0.2, 0.25) is 0 Å². The Labute approximate surface area is 88.4 Å². The first-order chi connectivity index (χ1) is 7.20. The summed E-state index contributed by atoms with van der Waals surface area (Å²) in [6.07, 6.45) is 3.48. The quantitative estimate of drug-likeness (QED) is 0.796. The minimum absolute atomic E-state index is 0.0964. The molecule has 2 N–H and O–H groups in total. The molecule has 15 heavy (non-hydrogen) atoms. The lowest BCUT2D eigenvalue weighted by atomic mass is 9.79. The fourth-order valence-corrected chi connectivity index (χ4v) is 1.91. The van der Waals surface area contributed by atoms with Gasteiger partial charge in [0.15, 0.2) is 0 Å². The average Bonchev–Trinajstić information content (AvgIpc) is 2.14. The SMILES string of the molecule is O=C(O)c1cc(CO)cc(C2CCC2)c1. The normalized spacial score (nSPS) is 16.1. The summed E-state index contributed by atoms with van der Waals surface area (Å²) in [6, 6.07) is 5.17. The number of hydrogen-bond donors (Lipinski definition) is 2. The lowest BCUT2D eigenvalue weighted by Crippen LogP contribution is -2.10. The van der Waals surface area contributed by atoms with Gasteiger partial charge in [-0.25, -0.2) is 4.79 Å². The molecule has 0 radical (unpaired) electrons. The van der Waals surface area contributed by atoms with Gasteiger partial charge in [-0.05, 0) is 42.0 Å². The second-order valence-corrected chi connectivity index (χ2v) is 4.05. The number of carboxylic acid groups (broad SMARTS) is 1. The molecule has 3 heteroatoms. The molecule has 1 aromatic carbocycles. The van der Waals surface area contributed by atoms with Gasteiger partial charge in [0.05, 0.1) is 12.2 Å². The van der Waals surface area contributed by atoms with E-state index in [-0.39, 0.29) is 12.2 Å². The van der Waals surface area contributed by atoms with Gasteiger partial charge in [-0.2, -0.15) is 0 Å². The molecule has 80 valence electrons. The zero-order valence-electron chi connectivity index (χ0n) is 8.44. The van der Waals surface area contributed by atoms with Gasteiger partial charge < -0.3 is 10.2 Å². The van der Waals surface area contributed by atoms with Gasteiger partial charge in [0.1, 0.15) is 0 Å². The summed E-state index contributed by atoms with van der Waals surface area (Å²) in [5.74, 6) is -0.430. The monoisotopic (exact) mass is 206 g/mol. The topological polar surface area (TPSA) is 57.5 Å². The fraction of sp³-hybridized carbons (Fsp3) is 0.417. The number of carboxylic acids is 1. The standard InChI is InChI=1S/C12H14O3/c13-7-8-4-10(9-2-1-3-9)6-11(5-8)12(14)15/h4-6,9,13H,1-3,7H2,(H,14,15). The first kappa shape index (κ1) is 10.2. The van der Waals surface area contributed by atoms with Crippen LogP contribution in [0, 0.1) is 0 Å². The Kier molecular flexibility index (Phi) is 2.73. The second kappa shape index (κ2) is 4.03. The van der Waals surface area contributed by atoms with Crippen molar-refractivity contribution in [3.63, 3.8) is 0 Å². The van der Waals surface area contributed by atoms with Gasteiger partial charge in [0.2, 0.25) is 0 Å². The Morgan fingerprint density at radius 3 is 2.53 bits per heavy atom. The highest BCUT2D eigenvalue weighted by Gasteiger charge is 2.21. The van der Waals surface area contributed by atoms with E-state index in [9.17, 15) is 4.79 Å².